The molecule has 0 aliphatic heterocycles. The summed E-state index contributed by atoms with van der Waals surface area (Å²) in [4.78, 5) is 18.5. The van der Waals surface area contributed by atoms with Gasteiger partial charge in [0.2, 0.25) is 11.8 Å². The first kappa shape index (κ1) is 14.1. The van der Waals surface area contributed by atoms with E-state index in [9.17, 15) is 10.1 Å². The van der Waals surface area contributed by atoms with Gasteiger partial charge < -0.3 is 10.6 Å². The molecule has 0 spiro atoms. The van der Waals surface area contributed by atoms with Crippen LogP contribution in [0.5, 0.6) is 0 Å². The van der Waals surface area contributed by atoms with Crippen LogP contribution in [-0.2, 0) is 0 Å². The number of nitrogens with one attached hydrogen (secondary N) is 2. The van der Waals surface area contributed by atoms with Gasteiger partial charge >= 0.3 is 5.69 Å². The Balaban J connectivity index is 3.03. The van der Waals surface area contributed by atoms with Crippen LogP contribution in [0.1, 0.15) is 27.7 Å². The Hall–Kier alpha value is -1.92. The molecule has 7 nitrogen and oxygen atoms in total. The minimum atomic E-state index is -0.481. The molecule has 0 saturated heterocycles. The molecule has 0 aromatic carbocycles. The Morgan fingerprint density at radius 1 is 1.44 bits per heavy atom. The van der Waals surface area contributed by atoms with Crippen molar-refractivity contribution in [2.24, 2.45) is 5.92 Å². The molecule has 1 unspecified atom stereocenters. The quantitative estimate of drug-likeness (QED) is 0.596. The third-order valence-corrected chi connectivity index (χ3v) is 2.67. The highest BCUT2D eigenvalue weighted by Crippen LogP contribution is 2.23. The minimum absolute atomic E-state index is 0.0908. The van der Waals surface area contributed by atoms with Crippen LogP contribution in [0.3, 0.4) is 0 Å². The zero-order valence-electron chi connectivity index (χ0n) is 11.1. The second kappa shape index (κ2) is 6.13. The average Bonchev–Trinajstić information content (AvgIpc) is 2.29. The highest BCUT2D eigenvalue weighted by molar-refractivity contribution is 5.57. The Morgan fingerprint density at radius 3 is 2.61 bits per heavy atom. The van der Waals surface area contributed by atoms with Gasteiger partial charge in [0.1, 0.15) is 6.20 Å². The summed E-state index contributed by atoms with van der Waals surface area (Å²) in [5, 5.41) is 16.9. The van der Waals surface area contributed by atoms with E-state index < -0.39 is 4.92 Å². The van der Waals surface area contributed by atoms with Gasteiger partial charge in [0.25, 0.3) is 0 Å². The summed E-state index contributed by atoms with van der Waals surface area (Å²) >= 11 is 0. The maximum atomic E-state index is 10.9. The average molecular weight is 253 g/mol. The van der Waals surface area contributed by atoms with Gasteiger partial charge in [-0.3, -0.25) is 10.1 Å². The predicted molar refractivity (Wildman–Crippen MR) is 70.8 cm³/mol. The van der Waals surface area contributed by atoms with Crippen LogP contribution >= 0.6 is 0 Å². The van der Waals surface area contributed by atoms with E-state index in [2.05, 4.69) is 20.6 Å². The van der Waals surface area contributed by atoms with Crippen LogP contribution in [0.25, 0.3) is 0 Å². The molecule has 2 N–H and O–H groups in total. The Labute approximate surface area is 106 Å². The second-order valence-corrected chi connectivity index (χ2v) is 4.39. The van der Waals surface area contributed by atoms with Gasteiger partial charge in [-0.05, 0) is 19.8 Å². The lowest BCUT2D eigenvalue weighted by molar-refractivity contribution is -0.384. The fraction of sp³-hybridized carbons (Fsp3) is 0.636. The highest BCUT2D eigenvalue weighted by Gasteiger charge is 2.19. The Kier molecular flexibility index (Phi) is 4.82. The molecule has 100 valence electrons. The van der Waals surface area contributed by atoms with Gasteiger partial charge in [0.05, 0.1) is 4.92 Å². The molecule has 0 aliphatic rings. The monoisotopic (exact) mass is 253 g/mol. The molecule has 1 heterocycles. The van der Waals surface area contributed by atoms with Gasteiger partial charge in [-0.15, -0.1) is 0 Å². The first-order valence-corrected chi connectivity index (χ1v) is 5.97. The van der Waals surface area contributed by atoms with E-state index in [0.717, 1.165) is 0 Å². The maximum Gasteiger partial charge on any atom is 0.329 e. The molecule has 0 aliphatic carbocycles. The number of aromatic nitrogens is 2. The van der Waals surface area contributed by atoms with E-state index in [4.69, 9.17) is 0 Å². The van der Waals surface area contributed by atoms with E-state index in [0.29, 0.717) is 18.4 Å². The summed E-state index contributed by atoms with van der Waals surface area (Å²) < 4.78 is 0. The molecule has 0 saturated carbocycles. The first-order valence-electron chi connectivity index (χ1n) is 5.97. The van der Waals surface area contributed by atoms with Gasteiger partial charge in [0, 0.05) is 12.6 Å². The number of nitrogens with zero attached hydrogens (tertiary/aromatic N) is 3. The molecule has 1 aromatic rings. The van der Waals surface area contributed by atoms with Crippen molar-refractivity contribution in [3.05, 3.63) is 16.3 Å². The van der Waals surface area contributed by atoms with Crippen LogP contribution in [0.15, 0.2) is 6.20 Å². The standard InChI is InChI=1S/C11H19N5O2/c1-5-12-11-13-6-9(16(17)18)10(15-11)14-8(4)7(2)3/h6-8H,5H2,1-4H3,(H2,12,13,14,15). The summed E-state index contributed by atoms with van der Waals surface area (Å²) in [5.41, 5.74) is -0.107. The van der Waals surface area contributed by atoms with Gasteiger partial charge in [-0.1, -0.05) is 13.8 Å². The van der Waals surface area contributed by atoms with E-state index in [-0.39, 0.29) is 17.5 Å². The summed E-state index contributed by atoms with van der Waals surface area (Å²) in [5.74, 6) is 0.996. The molecule has 18 heavy (non-hydrogen) atoms. The fourth-order valence-electron chi connectivity index (χ4n) is 1.24. The van der Waals surface area contributed by atoms with Crippen molar-refractivity contribution < 1.29 is 4.92 Å². The van der Waals surface area contributed by atoms with E-state index in [1.807, 2.05) is 27.7 Å². The minimum Gasteiger partial charge on any atom is -0.361 e. The predicted octanol–water partition coefficient (Wildman–Crippen LogP) is 2.27. The summed E-state index contributed by atoms with van der Waals surface area (Å²) in [7, 11) is 0. The SMILES string of the molecule is CCNc1ncc([N+](=O)[O-])c(NC(C)C(C)C)n1. The largest absolute Gasteiger partial charge is 0.361 e. The van der Waals surface area contributed by atoms with Crippen molar-refractivity contribution in [3.63, 3.8) is 0 Å². The maximum absolute atomic E-state index is 10.9. The third kappa shape index (κ3) is 3.54. The van der Waals surface area contributed by atoms with Crippen molar-refractivity contribution >= 4 is 17.5 Å². The third-order valence-electron chi connectivity index (χ3n) is 2.67. The van der Waals surface area contributed by atoms with E-state index in [1.54, 1.807) is 0 Å². The zero-order valence-corrected chi connectivity index (χ0v) is 11.1. The van der Waals surface area contributed by atoms with Crippen molar-refractivity contribution in [2.75, 3.05) is 17.2 Å². The lowest BCUT2D eigenvalue weighted by Gasteiger charge is -2.18. The molecular weight excluding hydrogens is 234 g/mol. The zero-order chi connectivity index (χ0) is 13.7. The first-order chi connectivity index (χ1) is 8.45. The summed E-state index contributed by atoms with van der Waals surface area (Å²) in [6, 6.07) is 0.0908. The molecule has 0 radical (unpaired) electrons. The number of anilines is 2. The molecule has 1 rings (SSSR count). The molecule has 0 amide bonds. The number of rotatable bonds is 6. The molecule has 1 aromatic heterocycles. The van der Waals surface area contributed by atoms with E-state index in [1.165, 1.54) is 6.20 Å². The lowest BCUT2D eigenvalue weighted by Crippen LogP contribution is -2.23. The van der Waals surface area contributed by atoms with Crippen LogP contribution in [0.4, 0.5) is 17.5 Å². The summed E-state index contributed by atoms with van der Waals surface area (Å²) in [6.07, 6.45) is 1.22. The number of hydrogen-bond donors (Lipinski definition) is 2. The van der Waals surface area contributed by atoms with Crippen molar-refractivity contribution in [1.82, 2.24) is 9.97 Å². The molecule has 1 atom stereocenters. The molecule has 7 heteroatoms. The van der Waals surface area contributed by atoms with Gasteiger partial charge in [0.15, 0.2) is 0 Å². The molecule has 0 bridgehead atoms. The van der Waals surface area contributed by atoms with Crippen molar-refractivity contribution in [1.29, 1.82) is 0 Å². The van der Waals surface area contributed by atoms with Gasteiger partial charge in [-0.2, -0.15) is 4.98 Å². The second-order valence-electron chi connectivity index (χ2n) is 4.39. The van der Waals surface area contributed by atoms with Crippen LogP contribution < -0.4 is 10.6 Å². The molecular formula is C11H19N5O2. The molecule has 0 fully saturated rings. The smallest absolute Gasteiger partial charge is 0.329 e. The topological polar surface area (TPSA) is 93.0 Å². The Morgan fingerprint density at radius 2 is 2.11 bits per heavy atom. The fourth-order valence-corrected chi connectivity index (χ4v) is 1.24. The summed E-state index contributed by atoms with van der Waals surface area (Å²) in [6.45, 7) is 8.61. The van der Waals surface area contributed by atoms with Crippen LogP contribution in [0, 0.1) is 16.0 Å². The number of nitro groups is 1. The van der Waals surface area contributed by atoms with Crippen molar-refractivity contribution in [3.8, 4) is 0 Å². The number of hydrogen-bond acceptors (Lipinski definition) is 6. The normalized spacial score (nSPS) is 12.3. The van der Waals surface area contributed by atoms with Crippen molar-refractivity contribution in [2.45, 2.75) is 33.7 Å². The van der Waals surface area contributed by atoms with Crippen LogP contribution in [-0.4, -0.2) is 27.5 Å². The van der Waals surface area contributed by atoms with E-state index >= 15 is 0 Å². The highest BCUT2D eigenvalue weighted by atomic mass is 16.6. The van der Waals surface area contributed by atoms with Crippen LogP contribution in [0.2, 0.25) is 0 Å². The van der Waals surface area contributed by atoms with Gasteiger partial charge in [-0.25, -0.2) is 4.98 Å². The Bertz CT molecular complexity index is 422. The lowest BCUT2D eigenvalue weighted by atomic mass is 10.1.